The minimum atomic E-state index is -0.445. The number of piperazine rings is 1. The van der Waals surface area contributed by atoms with Crippen LogP contribution >= 0.6 is 11.6 Å². The number of rotatable bonds is 5. The van der Waals surface area contributed by atoms with E-state index in [1.54, 1.807) is 13.0 Å². The fourth-order valence-corrected chi connectivity index (χ4v) is 3.53. The quantitative estimate of drug-likeness (QED) is 0.610. The second-order valence-corrected chi connectivity index (χ2v) is 7.43. The Bertz CT molecular complexity index is 895. The van der Waals surface area contributed by atoms with Crippen molar-refractivity contribution in [1.29, 1.82) is 0 Å². The number of carbonyl (C=O) groups excluding carboxylic acids is 1. The summed E-state index contributed by atoms with van der Waals surface area (Å²) in [4.78, 5) is 27.1. The molecular formula is C20H23ClN4O3. The number of non-ortho nitro benzene ring substituents is 1. The number of nitrogens with one attached hydrogen (secondary N) is 1. The third-order valence-corrected chi connectivity index (χ3v) is 5.18. The van der Waals surface area contributed by atoms with E-state index in [1.807, 2.05) is 18.2 Å². The highest BCUT2D eigenvalue weighted by Gasteiger charge is 2.21. The van der Waals surface area contributed by atoms with Crippen LogP contribution in [-0.4, -0.2) is 48.5 Å². The van der Waals surface area contributed by atoms with E-state index in [0.717, 1.165) is 36.9 Å². The Morgan fingerprint density at radius 1 is 1.11 bits per heavy atom. The lowest BCUT2D eigenvalue weighted by molar-refractivity contribution is -0.384. The molecule has 28 heavy (non-hydrogen) atoms. The SMILES string of the molecule is Cc1cc([N+](=O)[O-])ccc1NC(=O)CN1CCN(c2cc(Cl)ccc2C)CC1. The smallest absolute Gasteiger partial charge is 0.269 e. The minimum absolute atomic E-state index is 0.0166. The average molecular weight is 403 g/mol. The Labute approximate surface area is 169 Å². The predicted molar refractivity (Wildman–Crippen MR) is 111 cm³/mol. The molecule has 0 aromatic heterocycles. The maximum absolute atomic E-state index is 12.4. The van der Waals surface area contributed by atoms with Crippen LogP contribution in [0.1, 0.15) is 11.1 Å². The molecule has 1 heterocycles. The molecule has 0 bridgehead atoms. The molecule has 0 atom stereocenters. The van der Waals surface area contributed by atoms with Crippen LogP contribution in [0.5, 0.6) is 0 Å². The first-order valence-corrected chi connectivity index (χ1v) is 9.49. The highest BCUT2D eigenvalue weighted by molar-refractivity contribution is 6.30. The van der Waals surface area contributed by atoms with E-state index in [1.165, 1.54) is 17.7 Å². The molecule has 1 aliphatic rings. The molecular weight excluding hydrogens is 380 g/mol. The van der Waals surface area contributed by atoms with Crippen molar-refractivity contribution in [2.75, 3.05) is 42.9 Å². The third kappa shape index (κ3) is 4.79. The van der Waals surface area contributed by atoms with Gasteiger partial charge in [0.15, 0.2) is 0 Å². The minimum Gasteiger partial charge on any atom is -0.369 e. The van der Waals surface area contributed by atoms with Crippen molar-refractivity contribution in [1.82, 2.24) is 4.90 Å². The number of benzene rings is 2. The first kappa shape index (κ1) is 20.1. The van der Waals surface area contributed by atoms with Crippen molar-refractivity contribution < 1.29 is 9.72 Å². The van der Waals surface area contributed by atoms with Crippen molar-refractivity contribution in [3.8, 4) is 0 Å². The molecule has 0 radical (unpaired) electrons. The molecule has 1 aliphatic heterocycles. The van der Waals surface area contributed by atoms with Gasteiger partial charge in [0.05, 0.1) is 11.5 Å². The first-order valence-electron chi connectivity index (χ1n) is 9.12. The third-order valence-electron chi connectivity index (χ3n) is 4.95. The van der Waals surface area contributed by atoms with E-state index in [4.69, 9.17) is 11.6 Å². The fourth-order valence-electron chi connectivity index (χ4n) is 3.36. The number of nitro groups is 1. The zero-order chi connectivity index (χ0) is 20.3. The highest BCUT2D eigenvalue weighted by atomic mass is 35.5. The lowest BCUT2D eigenvalue weighted by Crippen LogP contribution is -2.48. The van der Waals surface area contributed by atoms with Crippen LogP contribution in [0.4, 0.5) is 17.1 Å². The van der Waals surface area contributed by atoms with Crippen LogP contribution in [0.3, 0.4) is 0 Å². The summed E-state index contributed by atoms with van der Waals surface area (Å²) in [5.41, 5.74) is 3.61. The van der Waals surface area contributed by atoms with E-state index in [-0.39, 0.29) is 11.6 Å². The Kier molecular flexibility index (Phi) is 6.16. The van der Waals surface area contributed by atoms with Gasteiger partial charge in [0.1, 0.15) is 0 Å². The van der Waals surface area contributed by atoms with Crippen molar-refractivity contribution in [3.05, 3.63) is 62.7 Å². The zero-order valence-electron chi connectivity index (χ0n) is 15.9. The monoisotopic (exact) mass is 402 g/mol. The Balaban J connectivity index is 1.54. The molecule has 0 saturated carbocycles. The van der Waals surface area contributed by atoms with Crippen LogP contribution in [0, 0.1) is 24.0 Å². The molecule has 7 nitrogen and oxygen atoms in total. The van der Waals surface area contributed by atoms with Crippen LogP contribution in [-0.2, 0) is 4.79 Å². The van der Waals surface area contributed by atoms with E-state index in [2.05, 4.69) is 22.0 Å². The Morgan fingerprint density at radius 3 is 2.46 bits per heavy atom. The van der Waals surface area contributed by atoms with E-state index >= 15 is 0 Å². The van der Waals surface area contributed by atoms with Gasteiger partial charge in [0.2, 0.25) is 5.91 Å². The van der Waals surface area contributed by atoms with E-state index in [9.17, 15) is 14.9 Å². The lowest BCUT2D eigenvalue weighted by Gasteiger charge is -2.36. The van der Waals surface area contributed by atoms with Gasteiger partial charge in [0.25, 0.3) is 5.69 Å². The second-order valence-electron chi connectivity index (χ2n) is 7.00. The predicted octanol–water partition coefficient (Wildman–Crippen LogP) is 3.63. The molecule has 1 N–H and O–H groups in total. The van der Waals surface area contributed by atoms with Gasteiger partial charge in [0, 0.05) is 54.7 Å². The number of hydrogen-bond acceptors (Lipinski definition) is 5. The summed E-state index contributed by atoms with van der Waals surface area (Å²) >= 11 is 6.12. The van der Waals surface area contributed by atoms with Crippen LogP contribution in [0.15, 0.2) is 36.4 Å². The molecule has 2 aromatic carbocycles. The standard InChI is InChI=1S/C20H23ClN4O3/c1-14-3-4-16(21)12-19(14)24-9-7-23(8-10-24)13-20(26)22-18-6-5-17(25(27)28)11-15(18)2/h3-6,11-12H,7-10,13H2,1-2H3,(H,22,26). The maximum Gasteiger partial charge on any atom is 0.269 e. The summed E-state index contributed by atoms with van der Waals surface area (Å²) in [7, 11) is 0. The summed E-state index contributed by atoms with van der Waals surface area (Å²) in [5.74, 6) is -0.121. The number of anilines is 2. The molecule has 0 aliphatic carbocycles. The van der Waals surface area contributed by atoms with E-state index < -0.39 is 4.92 Å². The highest BCUT2D eigenvalue weighted by Crippen LogP contribution is 2.25. The van der Waals surface area contributed by atoms with Gasteiger partial charge in [-0.3, -0.25) is 19.8 Å². The molecule has 2 aromatic rings. The maximum atomic E-state index is 12.4. The van der Waals surface area contributed by atoms with Crippen molar-refractivity contribution >= 4 is 34.6 Å². The number of carbonyl (C=O) groups is 1. The van der Waals surface area contributed by atoms with Gasteiger partial charge in [-0.05, 0) is 43.2 Å². The summed E-state index contributed by atoms with van der Waals surface area (Å²) < 4.78 is 0. The fraction of sp³-hybridized carbons (Fsp3) is 0.350. The number of hydrogen-bond donors (Lipinski definition) is 1. The van der Waals surface area contributed by atoms with Crippen molar-refractivity contribution in [2.24, 2.45) is 0 Å². The molecule has 0 unspecified atom stereocenters. The average Bonchev–Trinajstić information content (AvgIpc) is 2.66. The molecule has 3 rings (SSSR count). The summed E-state index contributed by atoms with van der Waals surface area (Å²) in [5, 5.41) is 14.4. The molecule has 148 valence electrons. The lowest BCUT2D eigenvalue weighted by atomic mass is 10.1. The number of nitrogens with zero attached hydrogens (tertiary/aromatic N) is 3. The normalized spacial score (nSPS) is 14.8. The molecule has 1 amide bonds. The molecule has 0 spiro atoms. The van der Waals surface area contributed by atoms with Gasteiger partial charge in [-0.1, -0.05) is 17.7 Å². The van der Waals surface area contributed by atoms with Crippen molar-refractivity contribution in [3.63, 3.8) is 0 Å². The number of amides is 1. The molecule has 8 heteroatoms. The largest absolute Gasteiger partial charge is 0.369 e. The topological polar surface area (TPSA) is 78.7 Å². The van der Waals surface area contributed by atoms with Crippen LogP contribution < -0.4 is 10.2 Å². The van der Waals surface area contributed by atoms with E-state index in [0.29, 0.717) is 17.8 Å². The van der Waals surface area contributed by atoms with Gasteiger partial charge in [-0.25, -0.2) is 0 Å². The second kappa shape index (κ2) is 8.58. The van der Waals surface area contributed by atoms with Crippen LogP contribution in [0.2, 0.25) is 5.02 Å². The molecule has 1 fully saturated rings. The molecule has 1 saturated heterocycles. The summed E-state index contributed by atoms with van der Waals surface area (Å²) in [6, 6.07) is 10.3. The van der Waals surface area contributed by atoms with Crippen molar-refractivity contribution in [2.45, 2.75) is 13.8 Å². The van der Waals surface area contributed by atoms with Gasteiger partial charge >= 0.3 is 0 Å². The number of nitro benzene ring substituents is 1. The van der Waals surface area contributed by atoms with Gasteiger partial charge in [-0.15, -0.1) is 0 Å². The number of halogens is 1. The summed E-state index contributed by atoms with van der Waals surface area (Å²) in [6.45, 7) is 7.30. The zero-order valence-corrected chi connectivity index (χ0v) is 16.7. The Morgan fingerprint density at radius 2 is 1.82 bits per heavy atom. The van der Waals surface area contributed by atoms with Gasteiger partial charge in [-0.2, -0.15) is 0 Å². The Hall–Kier alpha value is -2.64. The van der Waals surface area contributed by atoms with Gasteiger partial charge < -0.3 is 10.2 Å². The summed E-state index contributed by atoms with van der Waals surface area (Å²) in [6.07, 6.45) is 0. The van der Waals surface area contributed by atoms with Crippen LogP contribution in [0.25, 0.3) is 0 Å². The number of aryl methyl sites for hydroxylation is 2. The first-order chi connectivity index (χ1) is 13.3.